The average Bonchev–Trinajstić information content (AvgIpc) is 2.33. The van der Waals surface area contributed by atoms with Crippen LogP contribution in [0.1, 0.15) is 13.8 Å². The number of nitrogens with one attached hydrogen (secondary N) is 3. The van der Waals surface area contributed by atoms with Crippen molar-refractivity contribution in [2.45, 2.75) is 19.4 Å². The summed E-state index contributed by atoms with van der Waals surface area (Å²) in [5.74, 6) is -0.158. The van der Waals surface area contributed by atoms with Gasteiger partial charge in [-0.15, -0.1) is 0 Å². The highest BCUT2D eigenvalue weighted by Gasteiger charge is 2.35. The summed E-state index contributed by atoms with van der Waals surface area (Å²) >= 11 is 1.41. The molecule has 19 heavy (non-hydrogen) atoms. The van der Waals surface area contributed by atoms with Crippen LogP contribution in [0.15, 0.2) is 0 Å². The minimum absolute atomic E-state index is 0.197. The van der Waals surface area contributed by atoms with E-state index < -0.39 is 17.6 Å². The number of carbonyl (C=O) groups excluding carboxylic acids is 1. The summed E-state index contributed by atoms with van der Waals surface area (Å²) in [5.41, 5.74) is -1.35. The Hall–Kier alpha value is -1.28. The summed E-state index contributed by atoms with van der Waals surface area (Å²) < 4.78 is 4.69. The monoisotopic (exact) mass is 291 g/mol. The molecule has 7 nitrogen and oxygen atoms in total. The number of carbonyl (C=O) groups is 2. The largest absolute Gasteiger partial charge is 0.479 e. The number of rotatable bonds is 10. The molecule has 0 aromatic rings. The lowest BCUT2D eigenvalue weighted by molar-refractivity contribution is -0.142. The van der Waals surface area contributed by atoms with Crippen LogP contribution in [-0.4, -0.2) is 60.1 Å². The van der Waals surface area contributed by atoms with Crippen LogP contribution < -0.4 is 10.6 Å². The SMILES string of the molecule is CCOC(=O)N[C@@](C)(CSCCNCC=N)C(=O)O. The van der Waals surface area contributed by atoms with Gasteiger partial charge in [-0.2, -0.15) is 11.8 Å². The highest BCUT2D eigenvalue weighted by molar-refractivity contribution is 7.99. The van der Waals surface area contributed by atoms with Gasteiger partial charge in [-0.05, 0) is 13.8 Å². The Morgan fingerprint density at radius 1 is 1.53 bits per heavy atom. The molecule has 8 heteroatoms. The number of aliphatic carboxylic acids is 1. The number of ether oxygens (including phenoxy) is 1. The Morgan fingerprint density at radius 3 is 2.74 bits per heavy atom. The maximum atomic E-state index is 11.3. The van der Waals surface area contributed by atoms with Crippen molar-refractivity contribution in [3.63, 3.8) is 0 Å². The summed E-state index contributed by atoms with van der Waals surface area (Å²) in [5, 5.41) is 21.3. The van der Waals surface area contributed by atoms with E-state index in [1.165, 1.54) is 24.9 Å². The van der Waals surface area contributed by atoms with Crippen molar-refractivity contribution in [3.8, 4) is 0 Å². The summed E-state index contributed by atoms with van der Waals surface area (Å²) in [7, 11) is 0. The third kappa shape index (κ3) is 7.68. The van der Waals surface area contributed by atoms with Crippen LogP contribution in [0, 0.1) is 5.41 Å². The molecule has 0 spiro atoms. The Labute approximate surface area is 117 Å². The Kier molecular flexibility index (Phi) is 8.98. The summed E-state index contributed by atoms with van der Waals surface area (Å²) in [6.45, 7) is 4.47. The molecule has 0 rings (SSSR count). The molecule has 0 aliphatic rings. The molecule has 0 bridgehead atoms. The molecule has 0 saturated carbocycles. The van der Waals surface area contributed by atoms with Crippen molar-refractivity contribution in [2.75, 3.05) is 31.2 Å². The lowest BCUT2D eigenvalue weighted by atomic mass is 10.1. The number of amides is 1. The van der Waals surface area contributed by atoms with Gasteiger partial charge < -0.3 is 25.9 Å². The molecule has 0 aliphatic carbocycles. The van der Waals surface area contributed by atoms with Crippen LogP contribution in [0.5, 0.6) is 0 Å². The molecule has 1 amide bonds. The van der Waals surface area contributed by atoms with E-state index in [2.05, 4.69) is 15.4 Å². The van der Waals surface area contributed by atoms with Crippen LogP contribution in [0.4, 0.5) is 4.79 Å². The predicted octanol–water partition coefficient (Wildman–Crippen LogP) is 0.548. The number of alkyl carbamates (subject to hydrolysis) is 1. The van der Waals surface area contributed by atoms with Crippen LogP contribution in [0.2, 0.25) is 0 Å². The first kappa shape index (κ1) is 17.7. The van der Waals surface area contributed by atoms with E-state index in [9.17, 15) is 9.59 Å². The van der Waals surface area contributed by atoms with Gasteiger partial charge in [0.15, 0.2) is 0 Å². The second kappa shape index (κ2) is 9.62. The number of hydrogen-bond acceptors (Lipinski definition) is 6. The zero-order chi connectivity index (χ0) is 14.7. The van der Waals surface area contributed by atoms with Crippen molar-refractivity contribution in [1.29, 1.82) is 5.41 Å². The molecule has 0 aromatic carbocycles. The van der Waals surface area contributed by atoms with Gasteiger partial charge in [0.2, 0.25) is 0 Å². The molecule has 0 heterocycles. The Morgan fingerprint density at radius 2 is 2.21 bits per heavy atom. The van der Waals surface area contributed by atoms with Crippen LogP contribution in [-0.2, 0) is 9.53 Å². The fourth-order valence-corrected chi connectivity index (χ4v) is 2.18. The number of carboxylic acid groups (broad SMARTS) is 1. The quantitative estimate of drug-likeness (QED) is 0.345. The third-order valence-electron chi connectivity index (χ3n) is 2.19. The maximum Gasteiger partial charge on any atom is 0.408 e. The molecule has 4 N–H and O–H groups in total. The first-order valence-corrected chi connectivity index (χ1v) is 7.07. The highest BCUT2D eigenvalue weighted by Crippen LogP contribution is 2.13. The average molecular weight is 291 g/mol. The van der Waals surface area contributed by atoms with Gasteiger partial charge in [0.1, 0.15) is 5.54 Å². The van der Waals surface area contributed by atoms with Crippen molar-refractivity contribution < 1.29 is 19.4 Å². The van der Waals surface area contributed by atoms with Gasteiger partial charge in [-0.25, -0.2) is 9.59 Å². The number of carboxylic acids is 1. The number of hydrogen-bond donors (Lipinski definition) is 4. The van der Waals surface area contributed by atoms with Gasteiger partial charge in [0.25, 0.3) is 0 Å². The van der Waals surface area contributed by atoms with E-state index >= 15 is 0 Å². The van der Waals surface area contributed by atoms with Gasteiger partial charge in [0.05, 0.1) is 6.61 Å². The van der Waals surface area contributed by atoms with Crippen molar-refractivity contribution in [2.24, 2.45) is 0 Å². The Balaban J connectivity index is 4.12. The maximum absolute atomic E-state index is 11.3. The van der Waals surface area contributed by atoms with Crippen molar-refractivity contribution >= 4 is 30.0 Å². The molecule has 0 aliphatic heterocycles. The molecule has 0 unspecified atom stereocenters. The first-order chi connectivity index (χ1) is 8.96. The van der Waals surface area contributed by atoms with Crippen molar-refractivity contribution in [1.82, 2.24) is 10.6 Å². The summed E-state index contributed by atoms with van der Waals surface area (Å²) in [4.78, 5) is 22.5. The highest BCUT2D eigenvalue weighted by atomic mass is 32.2. The standard InChI is InChI=1S/C11H21N3O4S/c1-3-18-10(17)14-11(2,9(15)16)8-19-7-6-13-5-4-12/h4,12-13H,3,5-8H2,1-2H3,(H,14,17)(H,15,16)/t11-/m0/s1. The first-order valence-electron chi connectivity index (χ1n) is 5.92. The van der Waals surface area contributed by atoms with Crippen molar-refractivity contribution in [3.05, 3.63) is 0 Å². The molecule has 0 radical (unpaired) electrons. The molecule has 0 saturated heterocycles. The molecule has 0 aromatic heterocycles. The second-order valence-corrected chi connectivity index (χ2v) is 5.05. The molecule has 1 atom stereocenters. The molecular weight excluding hydrogens is 270 g/mol. The molecule has 0 fully saturated rings. The molecule has 110 valence electrons. The minimum atomic E-state index is -1.35. The predicted molar refractivity (Wildman–Crippen MR) is 75.2 cm³/mol. The zero-order valence-corrected chi connectivity index (χ0v) is 12.0. The van der Waals surface area contributed by atoms with Gasteiger partial charge >= 0.3 is 12.1 Å². The van der Waals surface area contributed by atoms with Crippen LogP contribution in [0.3, 0.4) is 0 Å². The van der Waals surface area contributed by atoms with Gasteiger partial charge in [-0.3, -0.25) is 0 Å². The van der Waals surface area contributed by atoms with Gasteiger partial charge in [0, 0.05) is 30.8 Å². The van der Waals surface area contributed by atoms with Gasteiger partial charge in [-0.1, -0.05) is 0 Å². The zero-order valence-electron chi connectivity index (χ0n) is 11.2. The Bertz CT molecular complexity index is 314. The fourth-order valence-electron chi connectivity index (χ4n) is 1.14. The second-order valence-electron chi connectivity index (χ2n) is 3.94. The lowest BCUT2D eigenvalue weighted by Gasteiger charge is -2.25. The number of thioether (sulfide) groups is 1. The topological polar surface area (TPSA) is 112 Å². The normalized spacial score (nSPS) is 13.4. The minimum Gasteiger partial charge on any atom is -0.479 e. The third-order valence-corrected chi connectivity index (χ3v) is 3.46. The van der Waals surface area contributed by atoms with E-state index in [0.717, 1.165) is 0 Å². The van der Waals surface area contributed by atoms with E-state index in [0.29, 0.717) is 18.8 Å². The van der Waals surface area contributed by atoms with E-state index in [1.807, 2.05) is 0 Å². The van der Waals surface area contributed by atoms with E-state index in [-0.39, 0.29) is 12.4 Å². The lowest BCUT2D eigenvalue weighted by Crippen LogP contribution is -2.54. The summed E-state index contributed by atoms with van der Waals surface area (Å²) in [6.07, 6.45) is 0.531. The van der Waals surface area contributed by atoms with Crippen LogP contribution >= 0.6 is 11.8 Å². The van der Waals surface area contributed by atoms with E-state index in [1.54, 1.807) is 6.92 Å². The van der Waals surface area contributed by atoms with E-state index in [4.69, 9.17) is 10.5 Å². The smallest absolute Gasteiger partial charge is 0.408 e. The molecular formula is C11H21N3O4S. The summed E-state index contributed by atoms with van der Waals surface area (Å²) in [6, 6.07) is 0. The van der Waals surface area contributed by atoms with Crippen LogP contribution in [0.25, 0.3) is 0 Å². The fraction of sp³-hybridized carbons (Fsp3) is 0.727.